The van der Waals surface area contributed by atoms with Gasteiger partial charge in [0.2, 0.25) is 5.95 Å². The third-order valence-electron chi connectivity index (χ3n) is 7.01. The number of benzene rings is 1. The van der Waals surface area contributed by atoms with Crippen molar-refractivity contribution >= 4 is 46.7 Å². The SMILES string of the molecule is CCOC(=O)Cc1cnc(N2CCC(C3=C(C(=O)OCC)C(c4cccc(F)c4Cl)N=C(c4nccs4)N3)CC2)nc1. The number of nitrogens with one attached hydrogen (secondary N) is 1. The van der Waals surface area contributed by atoms with E-state index in [2.05, 4.69) is 25.2 Å². The molecule has 0 aliphatic carbocycles. The van der Waals surface area contributed by atoms with Gasteiger partial charge in [-0.3, -0.25) is 9.79 Å². The number of esters is 2. The maximum absolute atomic E-state index is 14.6. The van der Waals surface area contributed by atoms with Crippen molar-refractivity contribution in [1.29, 1.82) is 0 Å². The van der Waals surface area contributed by atoms with Gasteiger partial charge in [-0.25, -0.2) is 24.1 Å². The number of carbonyl (C=O) groups excluding carboxylic acids is 2. The Labute approximate surface area is 251 Å². The highest BCUT2D eigenvalue weighted by molar-refractivity contribution is 7.11. The second-order valence-electron chi connectivity index (χ2n) is 9.67. The number of carbonyl (C=O) groups is 2. The lowest BCUT2D eigenvalue weighted by Crippen LogP contribution is -2.42. The molecule has 5 rings (SSSR count). The first kappa shape index (κ1) is 29.6. The van der Waals surface area contributed by atoms with Gasteiger partial charge in [0.15, 0.2) is 10.8 Å². The zero-order valence-electron chi connectivity index (χ0n) is 23.2. The molecule has 0 radical (unpaired) electrons. The maximum Gasteiger partial charge on any atom is 0.338 e. The Morgan fingerprint density at radius 1 is 1.12 bits per heavy atom. The molecule has 0 bridgehead atoms. The summed E-state index contributed by atoms with van der Waals surface area (Å²) in [7, 11) is 0. The Balaban J connectivity index is 1.43. The number of amidine groups is 1. The van der Waals surface area contributed by atoms with Crippen LogP contribution >= 0.6 is 22.9 Å². The van der Waals surface area contributed by atoms with Crippen molar-refractivity contribution in [3.63, 3.8) is 0 Å². The summed E-state index contributed by atoms with van der Waals surface area (Å²) in [6, 6.07) is 3.62. The molecule has 1 fully saturated rings. The normalized spacial score (nSPS) is 17.5. The number of rotatable bonds is 9. The molecule has 2 aromatic heterocycles. The molecular weight excluding hydrogens is 583 g/mol. The molecule has 10 nitrogen and oxygen atoms in total. The number of allylic oxidation sites excluding steroid dienone is 1. The molecular formula is C29H30ClFN6O4S. The fraction of sp³-hybridized carbons (Fsp3) is 0.379. The molecule has 1 N–H and O–H groups in total. The molecule has 1 aromatic carbocycles. The van der Waals surface area contributed by atoms with Crippen LogP contribution in [0.2, 0.25) is 5.02 Å². The van der Waals surface area contributed by atoms with Gasteiger partial charge in [0.05, 0.1) is 30.2 Å². The van der Waals surface area contributed by atoms with E-state index < -0.39 is 17.8 Å². The molecule has 4 heterocycles. The fourth-order valence-electron chi connectivity index (χ4n) is 5.08. The lowest BCUT2D eigenvalue weighted by molar-refractivity contribution is -0.142. The first-order chi connectivity index (χ1) is 20.4. The third-order valence-corrected chi connectivity index (χ3v) is 8.19. The number of halogens is 2. The van der Waals surface area contributed by atoms with E-state index >= 15 is 0 Å². The quantitative estimate of drug-likeness (QED) is 0.344. The standard InChI is InChI=1S/C29H30ClFN6O4S/c1-3-40-21(38)14-17-15-33-29(34-16-17)37-11-8-18(9-12-37)24-22(28(39)41-4-2)25(19-6-5-7-20(31)23(19)30)36-26(35-24)27-32-10-13-42-27/h5-7,10,13,15-16,18,25H,3-4,8-9,11-12,14H2,1-2H3,(H,35,36). The third kappa shape index (κ3) is 6.44. The van der Waals surface area contributed by atoms with Crippen LogP contribution in [0.15, 0.2) is 58.4 Å². The van der Waals surface area contributed by atoms with Gasteiger partial charge in [0.25, 0.3) is 0 Å². The minimum absolute atomic E-state index is 0.0657. The van der Waals surface area contributed by atoms with Crippen molar-refractivity contribution in [3.8, 4) is 0 Å². The van der Waals surface area contributed by atoms with Gasteiger partial charge >= 0.3 is 11.9 Å². The first-order valence-electron chi connectivity index (χ1n) is 13.7. The number of thiazole rings is 1. The second-order valence-corrected chi connectivity index (χ2v) is 10.9. The highest BCUT2D eigenvalue weighted by atomic mass is 35.5. The molecule has 0 amide bonds. The predicted molar refractivity (Wildman–Crippen MR) is 157 cm³/mol. The molecule has 220 valence electrons. The largest absolute Gasteiger partial charge is 0.466 e. The molecule has 0 saturated carbocycles. The van der Waals surface area contributed by atoms with Crippen molar-refractivity contribution < 1.29 is 23.5 Å². The zero-order valence-corrected chi connectivity index (χ0v) is 24.8. The predicted octanol–water partition coefficient (Wildman–Crippen LogP) is 4.66. The number of piperidine rings is 1. The zero-order chi connectivity index (χ0) is 29.6. The minimum Gasteiger partial charge on any atom is -0.466 e. The van der Waals surface area contributed by atoms with Gasteiger partial charge in [-0.1, -0.05) is 23.7 Å². The van der Waals surface area contributed by atoms with Crippen LogP contribution in [0, 0.1) is 11.7 Å². The van der Waals surface area contributed by atoms with E-state index in [-0.39, 0.29) is 29.9 Å². The molecule has 42 heavy (non-hydrogen) atoms. The molecule has 2 aliphatic heterocycles. The highest BCUT2D eigenvalue weighted by Crippen LogP contribution is 2.40. The van der Waals surface area contributed by atoms with Crippen LogP contribution in [0.3, 0.4) is 0 Å². The maximum atomic E-state index is 14.6. The summed E-state index contributed by atoms with van der Waals surface area (Å²) in [6.07, 6.45) is 6.42. The number of hydrogen-bond acceptors (Lipinski definition) is 11. The minimum atomic E-state index is -0.879. The Bertz CT molecular complexity index is 1490. The van der Waals surface area contributed by atoms with E-state index in [9.17, 15) is 14.0 Å². The number of aromatic nitrogens is 3. The molecule has 1 unspecified atom stereocenters. The summed E-state index contributed by atoms with van der Waals surface area (Å²) < 4.78 is 25.1. The number of aliphatic imine (C=N–C) groups is 1. The number of ether oxygens (including phenoxy) is 2. The number of hydrogen-bond donors (Lipinski definition) is 1. The summed E-state index contributed by atoms with van der Waals surface area (Å²) in [5.41, 5.74) is 2.03. The summed E-state index contributed by atoms with van der Waals surface area (Å²) in [5.74, 6) is -0.462. The van der Waals surface area contributed by atoms with Gasteiger partial charge < -0.3 is 19.7 Å². The second kappa shape index (κ2) is 13.4. The van der Waals surface area contributed by atoms with Crippen LogP contribution in [0.4, 0.5) is 10.3 Å². The molecule has 0 spiro atoms. The van der Waals surface area contributed by atoms with Gasteiger partial charge in [0.1, 0.15) is 11.9 Å². The van der Waals surface area contributed by atoms with Crippen LogP contribution in [0.1, 0.15) is 48.9 Å². The van der Waals surface area contributed by atoms with Crippen molar-refractivity contribution in [1.82, 2.24) is 20.3 Å². The fourth-order valence-corrected chi connectivity index (χ4v) is 5.89. The van der Waals surface area contributed by atoms with Gasteiger partial charge in [-0.05, 0) is 32.8 Å². The molecule has 3 aromatic rings. The van der Waals surface area contributed by atoms with Crippen molar-refractivity contribution in [2.45, 2.75) is 39.2 Å². The Hall–Kier alpha value is -3.90. The van der Waals surface area contributed by atoms with E-state index in [1.54, 1.807) is 44.6 Å². The van der Waals surface area contributed by atoms with Crippen molar-refractivity contribution in [2.24, 2.45) is 10.9 Å². The van der Waals surface area contributed by atoms with E-state index in [1.165, 1.54) is 17.4 Å². The Kier molecular flexibility index (Phi) is 9.43. The highest BCUT2D eigenvalue weighted by Gasteiger charge is 2.38. The number of nitrogens with zero attached hydrogens (tertiary/aromatic N) is 5. The lowest BCUT2D eigenvalue weighted by Gasteiger charge is -2.36. The molecule has 13 heteroatoms. The monoisotopic (exact) mass is 612 g/mol. The van der Waals surface area contributed by atoms with Gasteiger partial charge in [-0.2, -0.15) is 0 Å². The summed E-state index contributed by atoms with van der Waals surface area (Å²) >= 11 is 7.83. The van der Waals surface area contributed by atoms with Crippen molar-refractivity contribution in [3.05, 3.63) is 80.4 Å². The van der Waals surface area contributed by atoms with Crippen LogP contribution in [0.5, 0.6) is 0 Å². The van der Waals surface area contributed by atoms with E-state index in [0.717, 1.165) is 0 Å². The first-order valence-corrected chi connectivity index (χ1v) is 15.0. The average molecular weight is 613 g/mol. The number of anilines is 1. The smallest absolute Gasteiger partial charge is 0.338 e. The van der Waals surface area contributed by atoms with Crippen molar-refractivity contribution in [2.75, 3.05) is 31.2 Å². The average Bonchev–Trinajstić information content (AvgIpc) is 3.54. The Morgan fingerprint density at radius 2 is 1.86 bits per heavy atom. The molecule has 1 atom stereocenters. The summed E-state index contributed by atoms with van der Waals surface area (Å²) in [6.45, 7) is 5.24. The topological polar surface area (TPSA) is 119 Å². The summed E-state index contributed by atoms with van der Waals surface area (Å²) in [5, 5.41) is 5.77. The van der Waals surface area contributed by atoms with E-state index in [4.69, 9.17) is 26.1 Å². The van der Waals surface area contributed by atoms with Crippen LogP contribution < -0.4 is 10.2 Å². The van der Waals surface area contributed by atoms with Gasteiger partial charge in [-0.15, -0.1) is 11.3 Å². The van der Waals surface area contributed by atoms with E-state index in [0.29, 0.717) is 71.7 Å². The lowest BCUT2D eigenvalue weighted by atomic mass is 9.85. The molecule has 2 aliphatic rings. The van der Waals surface area contributed by atoms with Crippen LogP contribution in [0.25, 0.3) is 0 Å². The summed E-state index contributed by atoms with van der Waals surface area (Å²) in [4.78, 5) is 45.4. The Morgan fingerprint density at radius 3 is 2.52 bits per heavy atom. The molecule has 1 saturated heterocycles. The van der Waals surface area contributed by atoms with E-state index in [1.807, 2.05) is 5.38 Å². The van der Waals surface area contributed by atoms with Crippen LogP contribution in [-0.2, 0) is 25.5 Å². The van der Waals surface area contributed by atoms with Gasteiger partial charge in [0, 0.05) is 59.8 Å². The van der Waals surface area contributed by atoms with Crippen LogP contribution in [-0.4, -0.2) is 59.0 Å².